The minimum absolute atomic E-state index is 0.0182. The highest BCUT2D eigenvalue weighted by Gasteiger charge is 2.28. The molecule has 7 nitrogen and oxygen atoms in total. The summed E-state index contributed by atoms with van der Waals surface area (Å²) in [6.07, 6.45) is 0.177. The van der Waals surface area contributed by atoms with Gasteiger partial charge in [0.2, 0.25) is 15.9 Å². The second-order valence-corrected chi connectivity index (χ2v) is 8.92. The molecule has 32 heavy (non-hydrogen) atoms. The SMILES string of the molecule is COc1ccc(NC(=O)[C@@H](Cc2ccccc2)NS(=O)(=O)c2cc(C)ccc2OC)cc1. The summed E-state index contributed by atoms with van der Waals surface area (Å²) < 4.78 is 39.4. The van der Waals surface area contributed by atoms with Crippen molar-refractivity contribution in [1.82, 2.24) is 4.72 Å². The summed E-state index contributed by atoms with van der Waals surface area (Å²) >= 11 is 0. The van der Waals surface area contributed by atoms with Gasteiger partial charge >= 0.3 is 0 Å². The van der Waals surface area contributed by atoms with E-state index in [1.54, 1.807) is 50.4 Å². The first-order valence-electron chi connectivity index (χ1n) is 9.98. The van der Waals surface area contributed by atoms with Gasteiger partial charge in [-0.2, -0.15) is 4.72 Å². The Morgan fingerprint density at radius 3 is 2.25 bits per heavy atom. The Hall–Kier alpha value is -3.36. The van der Waals surface area contributed by atoms with Crippen LogP contribution in [0.3, 0.4) is 0 Å². The van der Waals surface area contributed by atoms with Gasteiger partial charge in [0, 0.05) is 5.69 Å². The summed E-state index contributed by atoms with van der Waals surface area (Å²) in [5.41, 5.74) is 2.11. The summed E-state index contributed by atoms with van der Waals surface area (Å²) in [7, 11) is -1.09. The molecule has 0 saturated heterocycles. The lowest BCUT2D eigenvalue weighted by atomic mass is 10.1. The van der Waals surface area contributed by atoms with Gasteiger partial charge in [0.25, 0.3) is 0 Å². The number of ether oxygens (including phenoxy) is 2. The van der Waals surface area contributed by atoms with Gasteiger partial charge in [0.15, 0.2) is 0 Å². The molecular weight excluding hydrogens is 428 g/mol. The number of hydrogen-bond donors (Lipinski definition) is 2. The second kappa shape index (κ2) is 10.3. The first kappa shape index (κ1) is 23.3. The zero-order valence-corrected chi connectivity index (χ0v) is 19.0. The summed E-state index contributed by atoms with van der Waals surface area (Å²) in [5.74, 6) is 0.377. The van der Waals surface area contributed by atoms with Gasteiger partial charge in [-0.05, 0) is 60.9 Å². The van der Waals surface area contributed by atoms with E-state index >= 15 is 0 Å². The average Bonchev–Trinajstić information content (AvgIpc) is 2.79. The molecule has 0 spiro atoms. The van der Waals surface area contributed by atoms with Crippen molar-refractivity contribution in [2.45, 2.75) is 24.3 Å². The van der Waals surface area contributed by atoms with E-state index in [9.17, 15) is 13.2 Å². The molecule has 2 N–H and O–H groups in total. The maximum absolute atomic E-state index is 13.2. The molecule has 1 amide bonds. The predicted molar refractivity (Wildman–Crippen MR) is 124 cm³/mol. The number of rotatable bonds is 9. The molecule has 3 rings (SSSR count). The molecule has 0 aliphatic carbocycles. The van der Waals surface area contributed by atoms with Crippen molar-refractivity contribution in [3.8, 4) is 11.5 Å². The van der Waals surface area contributed by atoms with Crippen molar-refractivity contribution in [2.24, 2.45) is 0 Å². The molecular formula is C24H26N2O5S. The molecule has 0 radical (unpaired) electrons. The van der Waals surface area contributed by atoms with Crippen LogP contribution >= 0.6 is 0 Å². The highest BCUT2D eigenvalue weighted by atomic mass is 32.2. The van der Waals surface area contributed by atoms with Crippen molar-refractivity contribution >= 4 is 21.6 Å². The van der Waals surface area contributed by atoms with Gasteiger partial charge in [-0.15, -0.1) is 0 Å². The van der Waals surface area contributed by atoms with E-state index in [4.69, 9.17) is 9.47 Å². The van der Waals surface area contributed by atoms with Gasteiger partial charge in [-0.3, -0.25) is 4.79 Å². The van der Waals surface area contributed by atoms with Crippen molar-refractivity contribution in [3.63, 3.8) is 0 Å². The minimum Gasteiger partial charge on any atom is -0.497 e. The zero-order chi connectivity index (χ0) is 23.1. The zero-order valence-electron chi connectivity index (χ0n) is 18.2. The van der Waals surface area contributed by atoms with Crippen LogP contribution in [0.4, 0.5) is 5.69 Å². The fourth-order valence-corrected chi connectivity index (χ4v) is 4.64. The third kappa shape index (κ3) is 5.87. The number of anilines is 1. The number of carbonyl (C=O) groups is 1. The molecule has 3 aromatic carbocycles. The van der Waals surface area contributed by atoms with Crippen LogP contribution in [-0.4, -0.2) is 34.6 Å². The molecule has 1 atom stereocenters. The lowest BCUT2D eigenvalue weighted by molar-refractivity contribution is -0.117. The number of benzene rings is 3. The number of sulfonamides is 1. The Balaban J connectivity index is 1.89. The number of methoxy groups -OCH3 is 2. The molecule has 0 bridgehead atoms. The largest absolute Gasteiger partial charge is 0.497 e. The van der Waals surface area contributed by atoms with Crippen LogP contribution in [0.2, 0.25) is 0 Å². The fraction of sp³-hybridized carbons (Fsp3) is 0.208. The van der Waals surface area contributed by atoms with Crippen molar-refractivity contribution in [3.05, 3.63) is 83.9 Å². The van der Waals surface area contributed by atoms with E-state index in [1.807, 2.05) is 30.3 Å². The van der Waals surface area contributed by atoms with Crippen molar-refractivity contribution < 1.29 is 22.7 Å². The van der Waals surface area contributed by atoms with Gasteiger partial charge in [0.05, 0.1) is 14.2 Å². The monoisotopic (exact) mass is 454 g/mol. The second-order valence-electron chi connectivity index (χ2n) is 7.24. The lowest BCUT2D eigenvalue weighted by Crippen LogP contribution is -2.45. The average molecular weight is 455 g/mol. The van der Waals surface area contributed by atoms with E-state index in [1.165, 1.54) is 13.2 Å². The number of aryl methyl sites for hydroxylation is 1. The third-order valence-electron chi connectivity index (χ3n) is 4.86. The lowest BCUT2D eigenvalue weighted by Gasteiger charge is -2.20. The van der Waals surface area contributed by atoms with Crippen molar-refractivity contribution in [1.29, 1.82) is 0 Å². The molecule has 8 heteroatoms. The number of nitrogens with one attached hydrogen (secondary N) is 2. The van der Waals surface area contributed by atoms with Crippen LogP contribution in [-0.2, 0) is 21.2 Å². The van der Waals surface area contributed by atoms with E-state index in [0.717, 1.165) is 11.1 Å². The van der Waals surface area contributed by atoms with Gasteiger partial charge in [-0.1, -0.05) is 36.4 Å². The topological polar surface area (TPSA) is 93.7 Å². The molecule has 0 aromatic heterocycles. The van der Waals surface area contributed by atoms with E-state index in [-0.39, 0.29) is 17.1 Å². The Morgan fingerprint density at radius 1 is 0.938 bits per heavy atom. The predicted octanol–water partition coefficient (Wildman–Crippen LogP) is 3.54. The molecule has 0 unspecified atom stereocenters. The Morgan fingerprint density at radius 2 is 1.62 bits per heavy atom. The number of amides is 1. The van der Waals surface area contributed by atoms with Gasteiger partial charge in [-0.25, -0.2) is 8.42 Å². The Kier molecular flexibility index (Phi) is 7.50. The first-order chi connectivity index (χ1) is 15.3. The molecule has 168 valence electrons. The standard InChI is InChI=1S/C24H26N2O5S/c1-17-9-14-22(31-3)23(15-17)32(28,29)26-21(16-18-7-5-4-6-8-18)24(27)25-19-10-12-20(30-2)13-11-19/h4-15,21,26H,16H2,1-3H3,(H,25,27)/t21-/m1/s1. The highest BCUT2D eigenvalue weighted by molar-refractivity contribution is 7.89. The summed E-state index contributed by atoms with van der Waals surface area (Å²) in [6.45, 7) is 1.79. The number of hydrogen-bond acceptors (Lipinski definition) is 5. The molecule has 0 heterocycles. The Labute approximate surface area is 188 Å². The van der Waals surface area contributed by atoms with E-state index < -0.39 is 22.0 Å². The van der Waals surface area contributed by atoms with Crippen LogP contribution < -0.4 is 19.5 Å². The highest BCUT2D eigenvalue weighted by Crippen LogP contribution is 2.25. The van der Waals surface area contributed by atoms with E-state index in [2.05, 4.69) is 10.0 Å². The minimum atomic E-state index is -4.05. The van der Waals surface area contributed by atoms with Crippen LogP contribution in [0.15, 0.2) is 77.7 Å². The number of carbonyl (C=O) groups excluding carboxylic acids is 1. The fourth-order valence-electron chi connectivity index (χ4n) is 3.19. The van der Waals surface area contributed by atoms with Crippen LogP contribution in [0.5, 0.6) is 11.5 Å². The van der Waals surface area contributed by atoms with Crippen LogP contribution in [0, 0.1) is 6.92 Å². The third-order valence-corrected chi connectivity index (χ3v) is 6.36. The summed E-state index contributed by atoms with van der Waals surface area (Å²) in [6, 6.07) is 19.8. The summed E-state index contributed by atoms with van der Waals surface area (Å²) in [4.78, 5) is 13.1. The Bertz CT molecular complexity index is 1160. The maximum atomic E-state index is 13.2. The smallest absolute Gasteiger partial charge is 0.245 e. The quantitative estimate of drug-likeness (QED) is 0.516. The van der Waals surface area contributed by atoms with Gasteiger partial charge in [0.1, 0.15) is 22.4 Å². The molecule has 0 saturated carbocycles. The maximum Gasteiger partial charge on any atom is 0.245 e. The molecule has 0 aliphatic rings. The van der Waals surface area contributed by atoms with Crippen molar-refractivity contribution in [2.75, 3.05) is 19.5 Å². The normalized spacial score (nSPS) is 12.1. The van der Waals surface area contributed by atoms with Gasteiger partial charge < -0.3 is 14.8 Å². The summed E-state index contributed by atoms with van der Waals surface area (Å²) in [5, 5.41) is 2.77. The molecule has 0 fully saturated rings. The van der Waals surface area contributed by atoms with Crippen LogP contribution in [0.1, 0.15) is 11.1 Å². The molecule has 0 aliphatic heterocycles. The first-order valence-corrected chi connectivity index (χ1v) is 11.5. The van der Waals surface area contributed by atoms with E-state index in [0.29, 0.717) is 11.4 Å². The van der Waals surface area contributed by atoms with Crippen LogP contribution in [0.25, 0.3) is 0 Å². The molecule has 3 aromatic rings.